The highest BCUT2D eigenvalue weighted by molar-refractivity contribution is 5.90. The van der Waals surface area contributed by atoms with Crippen LogP contribution >= 0.6 is 0 Å². The smallest absolute Gasteiger partial charge is 0.436 e. The van der Waals surface area contributed by atoms with Crippen molar-refractivity contribution in [2.75, 3.05) is 6.61 Å². The minimum atomic E-state index is -4.74. The maximum Gasteiger partial charge on any atom is 0.436 e. The number of nitrogens with zero attached hydrogens (tertiary/aromatic N) is 4. The van der Waals surface area contributed by atoms with Crippen LogP contribution in [0.25, 0.3) is 11.0 Å². The van der Waals surface area contributed by atoms with Crippen LogP contribution in [0.1, 0.15) is 28.7 Å². The molecule has 0 spiro atoms. The minimum absolute atomic E-state index is 0.0185. The van der Waals surface area contributed by atoms with E-state index in [1.165, 1.54) is 6.92 Å². The number of pyridine rings is 2. The van der Waals surface area contributed by atoms with E-state index in [0.29, 0.717) is 17.8 Å². The molecule has 0 amide bonds. The number of esters is 1. The summed E-state index contributed by atoms with van der Waals surface area (Å²) in [6.07, 6.45) is -1.72. The van der Waals surface area contributed by atoms with Crippen LogP contribution in [-0.4, -0.2) is 32.3 Å². The van der Waals surface area contributed by atoms with Crippen LogP contribution in [0.3, 0.4) is 0 Å². The Kier molecular flexibility index (Phi) is 4.88. The van der Waals surface area contributed by atoms with Crippen molar-refractivity contribution in [3.63, 3.8) is 0 Å². The molecule has 3 aromatic heterocycles. The highest BCUT2D eigenvalue weighted by Gasteiger charge is 2.39. The van der Waals surface area contributed by atoms with Crippen molar-refractivity contribution < 1.29 is 22.7 Å². The van der Waals surface area contributed by atoms with Crippen molar-refractivity contribution in [3.8, 4) is 0 Å². The third kappa shape index (κ3) is 3.81. The van der Waals surface area contributed by atoms with Gasteiger partial charge in [0.1, 0.15) is 5.56 Å². The molecule has 0 aliphatic carbocycles. The number of hydrogen-bond acceptors (Lipinski definition) is 5. The molecule has 3 aromatic rings. The van der Waals surface area contributed by atoms with Crippen molar-refractivity contribution in [3.05, 3.63) is 53.6 Å². The fourth-order valence-electron chi connectivity index (χ4n) is 2.46. The molecule has 3 rings (SSSR count). The van der Waals surface area contributed by atoms with Gasteiger partial charge in [-0.3, -0.25) is 4.68 Å². The number of rotatable bonds is 5. The Labute approximate surface area is 146 Å². The number of hydrogen-bond donors (Lipinski definition) is 0. The summed E-state index contributed by atoms with van der Waals surface area (Å²) in [5.74, 6) is -1.04. The lowest BCUT2D eigenvalue weighted by Crippen LogP contribution is -2.14. The van der Waals surface area contributed by atoms with Gasteiger partial charge in [-0.05, 0) is 31.2 Å². The zero-order valence-corrected chi connectivity index (χ0v) is 13.8. The second-order valence-corrected chi connectivity index (χ2v) is 5.48. The average Bonchev–Trinajstić information content (AvgIpc) is 3.05. The van der Waals surface area contributed by atoms with Gasteiger partial charge in [-0.25, -0.2) is 14.8 Å². The van der Waals surface area contributed by atoms with Crippen LogP contribution in [0.5, 0.6) is 0 Å². The van der Waals surface area contributed by atoms with E-state index in [9.17, 15) is 18.0 Å². The number of halogens is 3. The molecule has 3 heterocycles. The van der Waals surface area contributed by atoms with Gasteiger partial charge < -0.3 is 4.74 Å². The van der Waals surface area contributed by atoms with E-state index in [1.54, 1.807) is 18.3 Å². The third-order valence-electron chi connectivity index (χ3n) is 3.64. The lowest BCUT2D eigenvalue weighted by molar-refractivity contribution is -0.142. The van der Waals surface area contributed by atoms with Gasteiger partial charge in [0.15, 0.2) is 11.3 Å². The first-order valence-electron chi connectivity index (χ1n) is 7.91. The molecule has 0 atom stereocenters. The van der Waals surface area contributed by atoms with E-state index in [4.69, 9.17) is 0 Å². The lowest BCUT2D eigenvalue weighted by Gasteiger charge is -2.05. The predicted molar refractivity (Wildman–Crippen MR) is 86.4 cm³/mol. The number of alkyl halides is 3. The normalized spacial score (nSPS) is 11.7. The largest absolute Gasteiger partial charge is 0.462 e. The summed E-state index contributed by atoms with van der Waals surface area (Å²) in [5, 5.41) is 4.38. The van der Waals surface area contributed by atoms with Gasteiger partial charge in [-0.1, -0.05) is 0 Å². The summed E-state index contributed by atoms with van der Waals surface area (Å²) in [6.45, 7) is 1.64. The average molecular weight is 364 g/mol. The summed E-state index contributed by atoms with van der Waals surface area (Å²) in [4.78, 5) is 20.3. The van der Waals surface area contributed by atoms with E-state index in [0.717, 1.165) is 16.3 Å². The molecule has 0 saturated heterocycles. The van der Waals surface area contributed by atoms with Crippen molar-refractivity contribution >= 4 is 17.0 Å². The molecule has 26 heavy (non-hydrogen) atoms. The van der Waals surface area contributed by atoms with Crippen molar-refractivity contribution in [1.29, 1.82) is 0 Å². The van der Waals surface area contributed by atoms with Gasteiger partial charge in [-0.2, -0.15) is 18.3 Å². The highest BCUT2D eigenvalue weighted by atomic mass is 19.4. The molecular formula is C17H15F3N4O2. The van der Waals surface area contributed by atoms with Crippen LogP contribution in [0.4, 0.5) is 13.2 Å². The van der Waals surface area contributed by atoms with Gasteiger partial charge in [0, 0.05) is 36.4 Å². The van der Waals surface area contributed by atoms with Gasteiger partial charge in [0.2, 0.25) is 0 Å². The Morgan fingerprint density at radius 3 is 2.81 bits per heavy atom. The second-order valence-electron chi connectivity index (χ2n) is 5.48. The zero-order valence-electron chi connectivity index (χ0n) is 13.8. The molecule has 0 radical (unpaired) electrons. The van der Waals surface area contributed by atoms with Gasteiger partial charge in [-0.15, -0.1) is 0 Å². The number of fused-ring (bicyclic) bond motifs is 1. The predicted octanol–water partition coefficient (Wildman–Crippen LogP) is 3.26. The quantitative estimate of drug-likeness (QED) is 0.650. The first kappa shape index (κ1) is 17.8. The van der Waals surface area contributed by atoms with Crippen LogP contribution in [-0.2, 0) is 23.9 Å². The molecule has 0 unspecified atom stereocenters. The lowest BCUT2D eigenvalue weighted by atomic mass is 10.2. The van der Waals surface area contributed by atoms with E-state index in [1.807, 2.05) is 12.1 Å². The maximum atomic E-state index is 13.1. The van der Waals surface area contributed by atoms with Gasteiger partial charge in [0.05, 0.1) is 6.61 Å². The molecule has 6 nitrogen and oxygen atoms in total. The number of carbonyl (C=O) groups is 1. The second kappa shape index (κ2) is 7.11. The number of ether oxygens (including phenoxy) is 1. The molecule has 9 heteroatoms. The molecule has 0 bridgehead atoms. The Bertz CT molecular complexity index is 937. The molecule has 0 aromatic carbocycles. The summed E-state index contributed by atoms with van der Waals surface area (Å²) in [6, 6.07) is 7.29. The van der Waals surface area contributed by atoms with Crippen LogP contribution in [0, 0.1) is 0 Å². The number of aryl methyl sites for hydroxylation is 2. The van der Waals surface area contributed by atoms with Crippen LogP contribution in [0.15, 0.2) is 36.7 Å². The highest BCUT2D eigenvalue weighted by Crippen LogP contribution is 2.31. The Morgan fingerprint density at radius 2 is 2.08 bits per heavy atom. The molecule has 0 saturated carbocycles. The van der Waals surface area contributed by atoms with Crippen LogP contribution < -0.4 is 0 Å². The monoisotopic (exact) mass is 364 g/mol. The summed E-state index contributed by atoms with van der Waals surface area (Å²) in [7, 11) is 0. The Morgan fingerprint density at radius 1 is 1.27 bits per heavy atom. The summed E-state index contributed by atoms with van der Waals surface area (Å²) < 4.78 is 45.0. The molecule has 0 fully saturated rings. The fraction of sp³-hybridized carbons (Fsp3) is 0.294. The van der Waals surface area contributed by atoms with Crippen molar-refractivity contribution in [2.45, 2.75) is 26.1 Å². The standard InChI is InChI=1S/C17H15F3N4O2/c1-2-26-16(25)13-10-24(23-14(13)17(18,19)20)9-7-12-6-5-11-4-3-8-21-15(11)22-12/h3-6,8,10H,2,7,9H2,1H3. The SMILES string of the molecule is CCOC(=O)c1cn(CCc2ccc3cccnc3n2)nc1C(F)(F)F. The molecule has 0 N–H and O–H groups in total. The molecule has 0 aliphatic heterocycles. The third-order valence-corrected chi connectivity index (χ3v) is 3.64. The van der Waals surface area contributed by atoms with Crippen LogP contribution in [0.2, 0.25) is 0 Å². The first-order valence-corrected chi connectivity index (χ1v) is 7.91. The Hall–Kier alpha value is -2.97. The van der Waals surface area contributed by atoms with E-state index in [-0.39, 0.29) is 13.2 Å². The topological polar surface area (TPSA) is 69.9 Å². The first-order chi connectivity index (χ1) is 12.4. The van der Waals surface area contributed by atoms with Gasteiger partial charge in [0.25, 0.3) is 0 Å². The van der Waals surface area contributed by atoms with E-state index < -0.39 is 23.4 Å². The summed E-state index contributed by atoms with van der Waals surface area (Å²) >= 11 is 0. The zero-order chi connectivity index (χ0) is 18.7. The van der Waals surface area contributed by atoms with Gasteiger partial charge >= 0.3 is 12.1 Å². The van der Waals surface area contributed by atoms with E-state index in [2.05, 4.69) is 19.8 Å². The number of carbonyl (C=O) groups excluding carboxylic acids is 1. The Balaban J connectivity index is 1.81. The van der Waals surface area contributed by atoms with Crippen molar-refractivity contribution in [1.82, 2.24) is 19.7 Å². The molecule has 0 aliphatic rings. The number of aromatic nitrogens is 4. The minimum Gasteiger partial charge on any atom is -0.462 e. The fourth-order valence-corrected chi connectivity index (χ4v) is 2.46. The van der Waals surface area contributed by atoms with E-state index >= 15 is 0 Å². The molecule has 136 valence electrons. The molecular weight excluding hydrogens is 349 g/mol. The maximum absolute atomic E-state index is 13.1. The summed E-state index contributed by atoms with van der Waals surface area (Å²) in [5.41, 5.74) is -0.608. The van der Waals surface area contributed by atoms with Crippen molar-refractivity contribution in [2.24, 2.45) is 0 Å².